The van der Waals surface area contributed by atoms with E-state index in [0.717, 1.165) is 5.56 Å². The summed E-state index contributed by atoms with van der Waals surface area (Å²) in [6.07, 6.45) is -0.333. The van der Waals surface area contributed by atoms with Gasteiger partial charge in [-0.2, -0.15) is 0 Å². The summed E-state index contributed by atoms with van der Waals surface area (Å²) in [5, 5.41) is 10.1. The predicted octanol–water partition coefficient (Wildman–Crippen LogP) is 2.30. The van der Waals surface area contributed by atoms with E-state index in [1.54, 1.807) is 19.2 Å². The molecule has 6 heteroatoms. The zero-order chi connectivity index (χ0) is 13.2. The molecule has 1 saturated heterocycles. The molecule has 1 N–H and O–H groups in total. The maximum atomic E-state index is 9.12. The number of rotatable bonds is 4. The topological polar surface area (TPSA) is 47.9 Å². The van der Waals surface area contributed by atoms with E-state index in [-0.39, 0.29) is 12.7 Å². The number of halogens is 2. The number of alkyl halides is 1. The molecule has 1 fully saturated rings. The van der Waals surface area contributed by atoms with E-state index in [4.69, 9.17) is 30.9 Å². The first-order valence-corrected chi connectivity index (χ1v) is 6.97. The Morgan fingerprint density at radius 1 is 1.61 bits per heavy atom. The smallest absolute Gasteiger partial charge is 0.206 e. The fourth-order valence-corrected chi connectivity index (χ4v) is 2.78. The Kier molecular flexibility index (Phi) is 4.50. The van der Waals surface area contributed by atoms with Crippen LogP contribution in [0.1, 0.15) is 5.56 Å². The van der Waals surface area contributed by atoms with Gasteiger partial charge in [-0.3, -0.25) is 0 Å². The minimum Gasteiger partial charge on any atom is -0.497 e. The number of hydrogen-bond acceptors (Lipinski definition) is 4. The van der Waals surface area contributed by atoms with Crippen LogP contribution in [0.4, 0.5) is 0 Å². The SMILES string of the molecule is COc1ccc(C2(CBr)OCC(CO)O2)c(Cl)c1. The lowest BCUT2D eigenvalue weighted by atomic mass is 10.1. The summed E-state index contributed by atoms with van der Waals surface area (Å²) in [6, 6.07) is 5.31. The van der Waals surface area contributed by atoms with Crippen LogP contribution < -0.4 is 4.74 Å². The highest BCUT2D eigenvalue weighted by Gasteiger charge is 2.43. The number of aliphatic hydroxyl groups is 1. The Labute approximate surface area is 119 Å². The molecule has 4 nitrogen and oxygen atoms in total. The van der Waals surface area contributed by atoms with Crippen LogP contribution in [0.5, 0.6) is 5.75 Å². The number of aliphatic hydroxyl groups excluding tert-OH is 1. The van der Waals surface area contributed by atoms with Crippen molar-refractivity contribution < 1.29 is 19.3 Å². The van der Waals surface area contributed by atoms with Crippen LogP contribution in [0, 0.1) is 0 Å². The van der Waals surface area contributed by atoms with Crippen molar-refractivity contribution in [2.75, 3.05) is 25.7 Å². The van der Waals surface area contributed by atoms with E-state index in [2.05, 4.69) is 15.9 Å². The van der Waals surface area contributed by atoms with E-state index in [9.17, 15) is 0 Å². The quantitative estimate of drug-likeness (QED) is 0.857. The molecule has 0 saturated carbocycles. The monoisotopic (exact) mass is 336 g/mol. The Bertz CT molecular complexity index is 429. The molecule has 2 atom stereocenters. The second kappa shape index (κ2) is 5.75. The summed E-state index contributed by atoms with van der Waals surface area (Å²) in [7, 11) is 1.58. The second-order valence-corrected chi connectivity index (χ2v) is 4.93. The van der Waals surface area contributed by atoms with Crippen LogP contribution in [0.25, 0.3) is 0 Å². The lowest BCUT2D eigenvalue weighted by molar-refractivity contribution is -0.160. The van der Waals surface area contributed by atoms with E-state index in [0.29, 0.717) is 22.7 Å². The largest absolute Gasteiger partial charge is 0.497 e. The fourth-order valence-electron chi connectivity index (χ4n) is 1.87. The summed E-state index contributed by atoms with van der Waals surface area (Å²) in [4.78, 5) is 0. The van der Waals surface area contributed by atoms with Crippen molar-refractivity contribution in [2.24, 2.45) is 0 Å². The third kappa shape index (κ3) is 2.51. The first-order chi connectivity index (χ1) is 8.65. The van der Waals surface area contributed by atoms with Gasteiger partial charge in [0.1, 0.15) is 11.9 Å². The molecule has 1 aromatic rings. The molecule has 2 rings (SSSR count). The number of hydrogen-bond donors (Lipinski definition) is 1. The van der Waals surface area contributed by atoms with Crippen molar-refractivity contribution >= 4 is 27.5 Å². The van der Waals surface area contributed by atoms with Crippen molar-refractivity contribution in [2.45, 2.75) is 11.9 Å². The molecule has 18 heavy (non-hydrogen) atoms. The molecule has 1 aliphatic heterocycles. The Morgan fingerprint density at radius 2 is 2.39 bits per heavy atom. The third-order valence-corrected chi connectivity index (χ3v) is 3.88. The van der Waals surface area contributed by atoms with E-state index < -0.39 is 5.79 Å². The molecular formula is C12H14BrClO4. The molecule has 0 aromatic heterocycles. The average molecular weight is 338 g/mol. The minimum atomic E-state index is -0.948. The fraction of sp³-hybridized carbons (Fsp3) is 0.500. The van der Waals surface area contributed by atoms with E-state index in [1.165, 1.54) is 0 Å². The first-order valence-electron chi connectivity index (χ1n) is 5.48. The van der Waals surface area contributed by atoms with Crippen molar-refractivity contribution in [1.29, 1.82) is 0 Å². The molecule has 0 aliphatic carbocycles. The summed E-state index contributed by atoms with van der Waals surface area (Å²) < 4.78 is 16.5. The second-order valence-electron chi connectivity index (χ2n) is 3.97. The molecule has 1 aliphatic rings. The van der Waals surface area contributed by atoms with Gasteiger partial charge in [-0.15, -0.1) is 0 Å². The highest BCUT2D eigenvalue weighted by atomic mass is 79.9. The van der Waals surface area contributed by atoms with Gasteiger partial charge in [0.05, 0.1) is 30.7 Å². The minimum absolute atomic E-state index is 0.0808. The highest BCUT2D eigenvalue weighted by molar-refractivity contribution is 9.09. The molecule has 100 valence electrons. The van der Waals surface area contributed by atoms with Gasteiger partial charge in [0.2, 0.25) is 5.79 Å². The van der Waals surface area contributed by atoms with E-state index >= 15 is 0 Å². The summed E-state index contributed by atoms with van der Waals surface area (Å²) in [6.45, 7) is 0.257. The van der Waals surface area contributed by atoms with Crippen molar-refractivity contribution in [3.8, 4) is 5.75 Å². The van der Waals surface area contributed by atoms with Crippen LogP contribution in [-0.4, -0.2) is 36.9 Å². The Balaban J connectivity index is 2.33. The van der Waals surface area contributed by atoms with Gasteiger partial charge in [0.25, 0.3) is 0 Å². The van der Waals surface area contributed by atoms with Crippen molar-refractivity contribution in [1.82, 2.24) is 0 Å². The molecule has 0 bridgehead atoms. The van der Waals surface area contributed by atoms with Gasteiger partial charge >= 0.3 is 0 Å². The van der Waals surface area contributed by atoms with Gasteiger partial charge < -0.3 is 19.3 Å². The van der Waals surface area contributed by atoms with Gasteiger partial charge in [-0.25, -0.2) is 0 Å². The molecule has 0 radical (unpaired) electrons. The van der Waals surface area contributed by atoms with Crippen LogP contribution in [0.2, 0.25) is 5.02 Å². The number of benzene rings is 1. The average Bonchev–Trinajstić information content (AvgIpc) is 2.83. The Morgan fingerprint density at radius 3 is 2.89 bits per heavy atom. The van der Waals surface area contributed by atoms with Gasteiger partial charge in [0.15, 0.2) is 0 Å². The zero-order valence-corrected chi connectivity index (χ0v) is 12.2. The maximum absolute atomic E-state index is 9.12. The third-order valence-electron chi connectivity index (χ3n) is 2.83. The highest BCUT2D eigenvalue weighted by Crippen LogP contribution is 2.40. The van der Waals surface area contributed by atoms with Crippen LogP contribution in [0.3, 0.4) is 0 Å². The van der Waals surface area contributed by atoms with E-state index in [1.807, 2.05) is 6.07 Å². The summed E-state index contributed by atoms with van der Waals surface area (Å²) >= 11 is 9.60. The van der Waals surface area contributed by atoms with Crippen LogP contribution >= 0.6 is 27.5 Å². The number of methoxy groups -OCH3 is 1. The van der Waals surface area contributed by atoms with Gasteiger partial charge in [-0.05, 0) is 18.2 Å². The predicted molar refractivity (Wildman–Crippen MR) is 71.4 cm³/mol. The van der Waals surface area contributed by atoms with Crippen LogP contribution in [-0.2, 0) is 15.3 Å². The van der Waals surface area contributed by atoms with Crippen molar-refractivity contribution in [3.05, 3.63) is 28.8 Å². The van der Waals surface area contributed by atoms with Gasteiger partial charge in [0, 0.05) is 5.56 Å². The number of ether oxygens (including phenoxy) is 3. The molecule has 1 heterocycles. The first kappa shape index (κ1) is 14.1. The van der Waals surface area contributed by atoms with Gasteiger partial charge in [-0.1, -0.05) is 27.5 Å². The normalized spacial score (nSPS) is 27.4. The molecule has 1 aromatic carbocycles. The standard InChI is InChI=1S/C12H14BrClO4/c1-16-8-2-3-10(11(14)4-8)12(7-13)17-6-9(5-15)18-12/h2-4,9,15H,5-7H2,1H3. The zero-order valence-electron chi connectivity index (χ0n) is 9.86. The molecule has 0 amide bonds. The maximum Gasteiger partial charge on any atom is 0.206 e. The lowest BCUT2D eigenvalue weighted by Gasteiger charge is -2.27. The summed E-state index contributed by atoms with van der Waals surface area (Å²) in [5.74, 6) is -0.276. The van der Waals surface area contributed by atoms with Crippen molar-refractivity contribution in [3.63, 3.8) is 0 Å². The Hall–Kier alpha value is -0.330. The molecule has 0 spiro atoms. The molecular weight excluding hydrogens is 323 g/mol. The molecule has 2 unspecified atom stereocenters. The van der Waals surface area contributed by atoms with Crippen LogP contribution in [0.15, 0.2) is 18.2 Å². The lowest BCUT2D eigenvalue weighted by Crippen LogP contribution is -2.31. The summed E-state index contributed by atoms with van der Waals surface area (Å²) in [5.41, 5.74) is 0.720.